The molecule has 1 aromatic heterocycles. The second kappa shape index (κ2) is 16.2. The van der Waals surface area contributed by atoms with Crippen LogP contribution in [0, 0.1) is 0 Å². The van der Waals surface area contributed by atoms with Crippen molar-refractivity contribution in [1.82, 2.24) is 0 Å². The largest absolute Gasteiger partial charge is 0.508 e. The molecule has 3 saturated heterocycles. The topological polar surface area (TPSA) is 349 Å². The number of fused-ring (bicyclic) bond motifs is 1. The second-order valence-electron chi connectivity index (χ2n) is 12.9. The van der Waals surface area contributed by atoms with Gasteiger partial charge in [-0.3, -0.25) is 4.79 Å². The molecule has 21 heteroatoms. The van der Waals surface area contributed by atoms with Gasteiger partial charge in [0.2, 0.25) is 17.5 Å². The Bertz CT molecular complexity index is 1800. The van der Waals surface area contributed by atoms with Gasteiger partial charge in [-0.1, -0.05) is 0 Å². The smallest absolute Gasteiger partial charge is 0.239 e. The van der Waals surface area contributed by atoms with Crippen molar-refractivity contribution in [2.24, 2.45) is 0 Å². The van der Waals surface area contributed by atoms with Crippen LogP contribution in [0.2, 0.25) is 0 Å². The fraction of sp³-hybridized carbons (Fsp3) is 0.545. The average molecular weight is 773 g/mol. The number of aliphatic hydroxyl groups is 10. The van der Waals surface area contributed by atoms with Crippen molar-refractivity contribution in [3.63, 3.8) is 0 Å². The number of aliphatic hydroxyl groups excluding tert-OH is 10. The highest BCUT2D eigenvalue weighted by molar-refractivity contribution is 5.88. The van der Waals surface area contributed by atoms with Gasteiger partial charge in [-0.15, -0.1) is 0 Å². The molecular weight excluding hydrogens is 732 g/mol. The van der Waals surface area contributed by atoms with Crippen LogP contribution < -0.4 is 10.2 Å². The molecule has 6 rings (SSSR count). The second-order valence-corrected chi connectivity index (χ2v) is 12.9. The minimum absolute atomic E-state index is 0.101. The summed E-state index contributed by atoms with van der Waals surface area (Å²) in [7, 11) is 0. The number of rotatable bonds is 10. The summed E-state index contributed by atoms with van der Waals surface area (Å²) in [6.07, 6.45) is -28.3. The summed E-state index contributed by atoms with van der Waals surface area (Å²) in [5.74, 6) is -2.45. The van der Waals surface area contributed by atoms with Crippen LogP contribution in [0.4, 0.5) is 0 Å². The van der Waals surface area contributed by atoms with E-state index in [-0.39, 0.29) is 22.7 Å². The van der Waals surface area contributed by atoms with E-state index in [1.165, 1.54) is 24.3 Å². The molecule has 21 nitrogen and oxygen atoms in total. The summed E-state index contributed by atoms with van der Waals surface area (Å²) in [5.41, 5.74) is -1.26. The van der Waals surface area contributed by atoms with Crippen LogP contribution in [-0.4, -0.2) is 178 Å². The van der Waals surface area contributed by atoms with E-state index in [1.54, 1.807) is 0 Å². The van der Waals surface area contributed by atoms with Gasteiger partial charge in [-0.05, 0) is 24.3 Å². The van der Waals surface area contributed by atoms with Gasteiger partial charge >= 0.3 is 0 Å². The van der Waals surface area contributed by atoms with Crippen molar-refractivity contribution in [3.8, 4) is 34.3 Å². The number of aromatic hydroxyl groups is 3. The Morgan fingerprint density at radius 3 is 1.65 bits per heavy atom. The molecule has 0 spiro atoms. The van der Waals surface area contributed by atoms with E-state index < -0.39 is 140 Å². The van der Waals surface area contributed by atoms with Crippen LogP contribution in [0.1, 0.15) is 0 Å². The van der Waals surface area contributed by atoms with E-state index in [4.69, 9.17) is 32.8 Å². The zero-order valence-electron chi connectivity index (χ0n) is 27.8. The molecule has 0 saturated carbocycles. The zero-order chi connectivity index (χ0) is 39.2. The Hall–Kier alpha value is -3.75. The monoisotopic (exact) mass is 772 g/mol. The van der Waals surface area contributed by atoms with E-state index in [9.17, 15) is 71.2 Å². The molecule has 0 bridgehead atoms. The van der Waals surface area contributed by atoms with Gasteiger partial charge in [0.05, 0.1) is 19.8 Å². The predicted octanol–water partition coefficient (Wildman–Crippen LogP) is -4.60. The first-order valence-corrected chi connectivity index (χ1v) is 16.5. The highest BCUT2D eigenvalue weighted by Crippen LogP contribution is 2.39. The minimum Gasteiger partial charge on any atom is -0.508 e. The van der Waals surface area contributed by atoms with Crippen LogP contribution in [0.5, 0.6) is 23.0 Å². The molecule has 54 heavy (non-hydrogen) atoms. The summed E-state index contributed by atoms with van der Waals surface area (Å²) >= 11 is 0. The molecule has 2 aromatic carbocycles. The third kappa shape index (κ3) is 7.45. The lowest BCUT2D eigenvalue weighted by molar-refractivity contribution is -0.389. The highest BCUT2D eigenvalue weighted by atomic mass is 16.8. The molecule has 0 aliphatic carbocycles. The molecule has 0 radical (unpaired) electrons. The van der Waals surface area contributed by atoms with Crippen LogP contribution in [0.15, 0.2) is 45.6 Å². The summed E-state index contributed by atoms with van der Waals surface area (Å²) < 4.78 is 40.2. The van der Waals surface area contributed by atoms with Gasteiger partial charge in [0.15, 0.2) is 24.4 Å². The van der Waals surface area contributed by atoms with Gasteiger partial charge < -0.3 is 99.2 Å². The maximum absolute atomic E-state index is 14.0. The van der Waals surface area contributed by atoms with Gasteiger partial charge in [0.1, 0.15) is 95.4 Å². The van der Waals surface area contributed by atoms with Gasteiger partial charge in [0.25, 0.3) is 0 Å². The molecule has 13 N–H and O–H groups in total. The molecule has 0 amide bonds. The number of ether oxygens (including phenoxy) is 6. The lowest BCUT2D eigenvalue weighted by Gasteiger charge is -2.48. The van der Waals surface area contributed by atoms with Crippen LogP contribution in [0.3, 0.4) is 0 Å². The van der Waals surface area contributed by atoms with E-state index >= 15 is 0 Å². The molecule has 0 unspecified atom stereocenters. The normalized spacial score (nSPS) is 37.3. The summed E-state index contributed by atoms with van der Waals surface area (Å²) in [6, 6.07) is 6.99. The third-order valence-corrected chi connectivity index (χ3v) is 9.36. The molecular formula is C33H40O21. The van der Waals surface area contributed by atoms with Crippen LogP contribution in [-0.2, 0) is 23.7 Å². The first-order chi connectivity index (χ1) is 25.7. The SMILES string of the molecule is O=c1c(O[C@H]2O[C@@H](CO)[C@H](O)[C@@H](O)[C@@H]2O[C@H]2O[C@@H](CO)[C@H](O)[C@@H](O)[C@@H]2O[C@H]2O[C@@H](CO)[C@H](O)[C@@H](O)[C@@H]2O)c(-c2ccc(O)cc2)oc2cc(O)cc(O)c12. The van der Waals surface area contributed by atoms with E-state index in [0.29, 0.717) is 0 Å². The number of hydrogen-bond acceptors (Lipinski definition) is 21. The van der Waals surface area contributed by atoms with Crippen molar-refractivity contribution in [2.45, 2.75) is 92.1 Å². The summed E-state index contributed by atoms with van der Waals surface area (Å²) in [5, 5.41) is 135. The summed E-state index contributed by atoms with van der Waals surface area (Å²) in [4.78, 5) is 14.0. The lowest BCUT2D eigenvalue weighted by atomic mass is 9.96. The molecule has 4 heterocycles. The van der Waals surface area contributed by atoms with Crippen molar-refractivity contribution in [2.75, 3.05) is 19.8 Å². The standard InChI is InChI=1S/C33H40O21/c34-7-15-19(40)23(44)26(47)31(49-15)53-29-24(45)20(41)17(9-36)51-33(29)54-30-25(46)21(42)16(8-35)50-32(30)52-28-22(43)18-13(39)5-12(38)6-14(18)48-27(28)10-1-3-11(37)4-2-10/h1-6,15-17,19-21,23-26,29-42,44-47H,7-9H2/t15-,16-,17-,19-,20-,21-,23+,24+,25+,26-,29-,30-,31+,32+,33+/m0/s1. The summed E-state index contributed by atoms with van der Waals surface area (Å²) in [6.45, 7) is -2.69. The van der Waals surface area contributed by atoms with E-state index in [2.05, 4.69) is 0 Å². The fourth-order valence-electron chi connectivity index (χ4n) is 6.39. The van der Waals surface area contributed by atoms with Crippen molar-refractivity contribution in [1.29, 1.82) is 0 Å². The number of phenols is 3. The van der Waals surface area contributed by atoms with E-state index in [1.807, 2.05) is 0 Å². The number of benzene rings is 2. The molecule has 3 fully saturated rings. The number of hydrogen-bond donors (Lipinski definition) is 13. The maximum Gasteiger partial charge on any atom is 0.239 e. The molecule has 15 atom stereocenters. The zero-order valence-corrected chi connectivity index (χ0v) is 27.8. The Kier molecular flexibility index (Phi) is 11.9. The first-order valence-electron chi connectivity index (χ1n) is 16.5. The number of phenolic OH excluding ortho intramolecular Hbond substituents is 3. The highest BCUT2D eigenvalue weighted by Gasteiger charge is 2.54. The van der Waals surface area contributed by atoms with Crippen LogP contribution in [0.25, 0.3) is 22.3 Å². The fourth-order valence-corrected chi connectivity index (χ4v) is 6.39. The molecule has 3 aliphatic heterocycles. The Labute approximate surface area is 303 Å². The Morgan fingerprint density at radius 1 is 0.574 bits per heavy atom. The van der Waals surface area contributed by atoms with Gasteiger partial charge in [-0.25, -0.2) is 0 Å². The van der Waals surface area contributed by atoms with Gasteiger partial charge in [-0.2, -0.15) is 0 Å². The Morgan fingerprint density at radius 2 is 1.07 bits per heavy atom. The lowest BCUT2D eigenvalue weighted by Crippen LogP contribution is -2.67. The van der Waals surface area contributed by atoms with Crippen molar-refractivity contribution in [3.05, 3.63) is 46.6 Å². The van der Waals surface area contributed by atoms with E-state index in [0.717, 1.165) is 12.1 Å². The third-order valence-electron chi connectivity index (χ3n) is 9.36. The average Bonchev–Trinajstić information content (AvgIpc) is 3.14. The van der Waals surface area contributed by atoms with Crippen molar-refractivity contribution < 1.29 is 99.2 Å². The molecule has 298 valence electrons. The minimum atomic E-state index is -2.08. The predicted molar refractivity (Wildman–Crippen MR) is 173 cm³/mol. The van der Waals surface area contributed by atoms with Crippen LogP contribution >= 0.6 is 0 Å². The Balaban J connectivity index is 1.40. The molecule has 3 aliphatic rings. The maximum atomic E-state index is 14.0. The first kappa shape index (κ1) is 39.9. The molecule has 3 aromatic rings. The quantitative estimate of drug-likeness (QED) is 0.0922. The van der Waals surface area contributed by atoms with Crippen molar-refractivity contribution >= 4 is 11.0 Å². The van der Waals surface area contributed by atoms with Gasteiger partial charge in [0, 0.05) is 17.7 Å².